The van der Waals surface area contributed by atoms with E-state index in [1.807, 2.05) is 322 Å². The SMILES string of the molecule is CC(C)(C)C(O)CC(O)C(C)(C)C.CC(O)CC(C)O.CC(O)CC(C)O.CC(O)CC(C)O.CC(O)CC(C)O.Cc1nnc(-c2[c-]cccc2)c2ccccc12.[Ir].[Ir].[Ir].[Ir].[Ir].[c-]1ccccc1-c1cc2ccccc2nn1.[c-]1ccccc1-c1ncc(-c2ccccc2)nc1-c1ccccc1.[c-]1ccccc1-c1ncnc(-c2ccccc2)n1.[c-]1ccccc1-c1ncnc2ccccc12. The van der Waals surface area contributed by atoms with Gasteiger partial charge in [0.15, 0.2) is 5.82 Å². The molecule has 10 atom stereocenters. The fraction of sp³-hybridized carbons (Fsp3) is 0.288. The molecule has 0 saturated carbocycles. The summed E-state index contributed by atoms with van der Waals surface area (Å²) in [4.78, 5) is 31.0. The molecule has 0 aliphatic carbocycles. The fourth-order valence-corrected chi connectivity index (χ4v) is 12.7. The van der Waals surface area contributed by atoms with Crippen LogP contribution in [0.5, 0.6) is 0 Å². The van der Waals surface area contributed by atoms with E-state index < -0.39 is 12.2 Å². The smallest absolute Gasteiger partial charge is 0.153 e. The second kappa shape index (κ2) is 66.1. The molecular weight excluding hydrogens is 2610 g/mol. The van der Waals surface area contributed by atoms with Gasteiger partial charge < -0.3 is 56.0 Å². The summed E-state index contributed by atoms with van der Waals surface area (Å²) < 4.78 is 0. The van der Waals surface area contributed by atoms with Gasteiger partial charge in [0.1, 0.15) is 12.7 Å². The third-order valence-corrected chi connectivity index (χ3v) is 19.4. The molecule has 10 N–H and O–H groups in total. The topological polar surface area (TPSA) is 344 Å². The number of aryl methyl sites for hydroxylation is 1. The van der Waals surface area contributed by atoms with E-state index in [-0.39, 0.29) is 160 Å². The molecular formula is C111H126Ir5N11O10-5. The van der Waals surface area contributed by atoms with Crippen LogP contribution in [0.3, 0.4) is 0 Å². The van der Waals surface area contributed by atoms with Crippen molar-refractivity contribution in [1.82, 2.24) is 55.3 Å². The van der Waals surface area contributed by atoms with Gasteiger partial charge in [-0.15, -0.1) is 179 Å². The Morgan fingerprint density at radius 3 is 1.06 bits per heavy atom. The van der Waals surface area contributed by atoms with E-state index in [1.54, 1.807) is 61.7 Å². The van der Waals surface area contributed by atoms with E-state index >= 15 is 0 Å². The maximum atomic E-state index is 9.76. The average Bonchev–Trinajstić information content (AvgIpc) is 0.797. The predicted octanol–water partition coefficient (Wildman–Crippen LogP) is 20.6. The minimum atomic E-state index is -0.443. The quantitative estimate of drug-likeness (QED) is 0.0357. The first-order valence-electron chi connectivity index (χ1n) is 44.2. The van der Waals surface area contributed by atoms with Crippen molar-refractivity contribution in [1.29, 1.82) is 0 Å². The van der Waals surface area contributed by atoms with E-state index in [4.69, 9.17) is 50.8 Å². The third kappa shape index (κ3) is 45.9. The van der Waals surface area contributed by atoms with E-state index in [0.29, 0.717) is 43.8 Å². The van der Waals surface area contributed by atoms with Crippen molar-refractivity contribution < 1.29 is 152 Å². The second-order valence-corrected chi connectivity index (χ2v) is 34.0. The number of aliphatic hydroxyl groups excluding tert-OH is 10. The Morgan fingerprint density at radius 2 is 0.628 bits per heavy atom. The molecule has 5 heterocycles. The molecule has 0 saturated heterocycles. The van der Waals surface area contributed by atoms with Crippen LogP contribution in [0.25, 0.3) is 123 Å². The number of rotatable bonds is 18. The van der Waals surface area contributed by atoms with Crippen molar-refractivity contribution in [3.63, 3.8) is 0 Å². The number of aliphatic hydroxyl groups is 10. The Hall–Kier alpha value is -9.62. The van der Waals surface area contributed by atoms with Gasteiger partial charge in [0.25, 0.3) is 0 Å². The number of nitrogens with zero attached hydrogens (tertiary/aromatic N) is 11. The summed E-state index contributed by atoms with van der Waals surface area (Å²) in [6.45, 7) is 27.1. The normalized spacial score (nSPS) is 12.6. The van der Waals surface area contributed by atoms with Gasteiger partial charge in [0, 0.05) is 141 Å². The molecule has 735 valence electrons. The van der Waals surface area contributed by atoms with Gasteiger partial charge in [-0.3, -0.25) is 19.9 Å². The zero-order chi connectivity index (χ0) is 96.0. The molecule has 26 heteroatoms. The summed E-state index contributed by atoms with van der Waals surface area (Å²) in [5, 5.41) is 109. The minimum absolute atomic E-state index is 0. The standard InChI is InChI=1S/C22H15N2.C15H10N3.C15H11N2.2C14H9N2.C11H24O2.4C5H12O2.5Ir/c1-4-10-17(11-5-1)20-16-23-21(18-12-6-2-7-13-18)22(24-20)19-14-8-3-9-15-19;1-3-7-12(8-4-1)14-16-11-17-15(18-14)13-9-5-2-6-10-13;1-11-13-9-5-6-10-14(13)15(17-16-11)12-7-3-2-4-8-12;1-2-6-11(7-3-1)14-12-8-4-5-9-13(12)15-10-16-14;1-2-6-11(7-3-1)14-10-12-8-4-5-9-13(12)15-16-14;1-10(2,3)8(12)7-9(13)11(4,5)6;4*1-4(6)3-5(2)7;;;;;/h1-12,14-16H;1-9,11H;2-7,9-10H,1H3;2*1-6,8-10H;8-9,12-13H,7H2,1-6H3;4*4-7H,3H2,1-2H3;;;;;/q5*-1;;;;;;;;;;. The molecule has 0 aliphatic heterocycles. The average molecular weight is 2740 g/mol. The van der Waals surface area contributed by atoms with Gasteiger partial charge in [-0.2, -0.15) is 10.2 Å². The van der Waals surface area contributed by atoms with Crippen molar-refractivity contribution in [2.75, 3.05) is 0 Å². The molecule has 5 radical (unpaired) electrons. The molecule has 0 aliphatic rings. The van der Waals surface area contributed by atoms with Gasteiger partial charge in [0.05, 0.1) is 95.0 Å². The van der Waals surface area contributed by atoms with Crippen molar-refractivity contribution in [2.45, 2.75) is 197 Å². The van der Waals surface area contributed by atoms with Crippen molar-refractivity contribution >= 4 is 32.6 Å². The van der Waals surface area contributed by atoms with Crippen LogP contribution in [-0.2, 0) is 101 Å². The molecule has 0 fully saturated rings. The summed E-state index contributed by atoms with van der Waals surface area (Å²) in [6, 6.07) is 111. The molecule has 0 bridgehead atoms. The molecule has 11 aromatic carbocycles. The number of para-hydroxylation sites is 1. The first kappa shape index (κ1) is 123. The molecule has 16 rings (SSSR count). The zero-order valence-electron chi connectivity index (χ0n) is 79.8. The number of benzene rings is 11. The van der Waals surface area contributed by atoms with Crippen LogP contribution >= 0.6 is 0 Å². The van der Waals surface area contributed by atoms with Gasteiger partial charge in [0.2, 0.25) is 0 Å². The molecule has 0 amide bonds. The van der Waals surface area contributed by atoms with Crippen LogP contribution in [0.4, 0.5) is 0 Å². The number of hydrogen-bond acceptors (Lipinski definition) is 21. The number of fused-ring (bicyclic) bond motifs is 3. The summed E-state index contributed by atoms with van der Waals surface area (Å²) in [6.07, 6.45) is 3.41. The Kier molecular flexibility index (Phi) is 59.5. The minimum Gasteiger partial charge on any atom is -0.393 e. The van der Waals surface area contributed by atoms with Crippen molar-refractivity contribution in [2.24, 2.45) is 10.8 Å². The van der Waals surface area contributed by atoms with E-state index in [0.717, 1.165) is 117 Å². The van der Waals surface area contributed by atoms with E-state index in [9.17, 15) is 10.2 Å². The molecule has 21 nitrogen and oxygen atoms in total. The van der Waals surface area contributed by atoms with Gasteiger partial charge in [-0.1, -0.05) is 199 Å². The van der Waals surface area contributed by atoms with Crippen molar-refractivity contribution in [3.8, 4) is 90.3 Å². The fourth-order valence-electron chi connectivity index (χ4n) is 12.7. The van der Waals surface area contributed by atoms with Crippen LogP contribution in [0.15, 0.2) is 310 Å². The van der Waals surface area contributed by atoms with Crippen LogP contribution in [0, 0.1) is 48.1 Å². The van der Waals surface area contributed by atoms with Crippen molar-refractivity contribution in [3.05, 3.63) is 346 Å². The predicted molar refractivity (Wildman–Crippen MR) is 530 cm³/mol. The Labute approximate surface area is 876 Å². The van der Waals surface area contributed by atoms with E-state index in [1.165, 1.54) is 6.33 Å². The largest absolute Gasteiger partial charge is 0.393 e. The van der Waals surface area contributed by atoms with Gasteiger partial charge in [-0.25, -0.2) is 20.2 Å². The van der Waals surface area contributed by atoms with E-state index in [2.05, 4.69) is 99.9 Å². The maximum absolute atomic E-state index is 9.76. The van der Waals surface area contributed by atoms with Crippen LogP contribution in [-0.4, -0.2) is 167 Å². The first-order valence-corrected chi connectivity index (χ1v) is 44.2. The maximum Gasteiger partial charge on any atom is 0.153 e. The molecule has 10 unspecified atom stereocenters. The monoisotopic (exact) mass is 2740 g/mol. The number of aromatic nitrogens is 11. The Balaban J connectivity index is 0.000000526. The van der Waals surface area contributed by atoms with Gasteiger partial charge >= 0.3 is 0 Å². The van der Waals surface area contributed by atoms with Gasteiger partial charge in [-0.05, 0) is 144 Å². The molecule has 137 heavy (non-hydrogen) atoms. The summed E-state index contributed by atoms with van der Waals surface area (Å²) in [5.74, 6) is 1.32. The molecule has 5 aromatic heterocycles. The molecule has 16 aromatic rings. The summed E-state index contributed by atoms with van der Waals surface area (Å²) in [5.41, 5.74) is 15.7. The summed E-state index contributed by atoms with van der Waals surface area (Å²) in [7, 11) is 0. The zero-order valence-corrected chi connectivity index (χ0v) is 91.8. The number of hydrogen-bond donors (Lipinski definition) is 10. The third-order valence-electron chi connectivity index (χ3n) is 19.4. The Bertz CT molecular complexity index is 5730. The van der Waals surface area contributed by atoms with Crippen LogP contribution in [0.1, 0.15) is 135 Å². The van der Waals surface area contributed by atoms with Crippen LogP contribution < -0.4 is 0 Å². The van der Waals surface area contributed by atoms with Crippen LogP contribution in [0.2, 0.25) is 0 Å². The molecule has 0 spiro atoms. The first-order chi connectivity index (χ1) is 63.1. The Morgan fingerprint density at radius 1 is 0.270 bits per heavy atom. The second-order valence-electron chi connectivity index (χ2n) is 34.0. The summed E-state index contributed by atoms with van der Waals surface area (Å²) >= 11 is 0.